The Hall–Kier alpha value is -2.50. The van der Waals surface area contributed by atoms with E-state index in [4.69, 9.17) is 15.2 Å². The Morgan fingerprint density at radius 1 is 1.53 bits per heavy atom. The molecule has 0 aliphatic rings. The summed E-state index contributed by atoms with van der Waals surface area (Å²) in [5.41, 5.74) is 7.25. The SMILES string of the molecule is COc1ncccc1COC(=O)c1cc(N)cn1C. The van der Waals surface area contributed by atoms with Crippen molar-refractivity contribution in [1.29, 1.82) is 0 Å². The van der Waals surface area contributed by atoms with Gasteiger partial charge in [0.25, 0.3) is 0 Å². The number of nitrogens with two attached hydrogens (primary N) is 1. The topological polar surface area (TPSA) is 79.4 Å². The van der Waals surface area contributed by atoms with Crippen LogP contribution in [0, 0.1) is 0 Å². The van der Waals surface area contributed by atoms with Crippen molar-refractivity contribution in [2.24, 2.45) is 7.05 Å². The van der Waals surface area contributed by atoms with Crippen LogP contribution in [-0.2, 0) is 18.4 Å². The Bertz CT molecular complexity index is 593. The highest BCUT2D eigenvalue weighted by atomic mass is 16.5. The molecule has 0 radical (unpaired) electrons. The van der Waals surface area contributed by atoms with Crippen LogP contribution < -0.4 is 10.5 Å². The zero-order chi connectivity index (χ0) is 13.8. The van der Waals surface area contributed by atoms with Crippen LogP contribution in [0.25, 0.3) is 0 Å². The van der Waals surface area contributed by atoms with Gasteiger partial charge in [-0.25, -0.2) is 9.78 Å². The van der Waals surface area contributed by atoms with Gasteiger partial charge in [-0.2, -0.15) is 0 Å². The lowest BCUT2D eigenvalue weighted by Crippen LogP contribution is -2.10. The molecule has 2 aromatic heterocycles. The van der Waals surface area contributed by atoms with Crippen molar-refractivity contribution in [2.45, 2.75) is 6.61 Å². The molecule has 2 rings (SSSR count). The Balaban J connectivity index is 2.06. The molecule has 2 N–H and O–H groups in total. The number of anilines is 1. The van der Waals surface area contributed by atoms with Crippen molar-refractivity contribution in [1.82, 2.24) is 9.55 Å². The van der Waals surface area contributed by atoms with E-state index in [1.165, 1.54) is 7.11 Å². The third-order valence-corrected chi connectivity index (χ3v) is 2.64. The highest BCUT2D eigenvalue weighted by Gasteiger charge is 2.13. The van der Waals surface area contributed by atoms with E-state index in [9.17, 15) is 4.79 Å². The van der Waals surface area contributed by atoms with Gasteiger partial charge in [0.15, 0.2) is 0 Å². The zero-order valence-electron chi connectivity index (χ0n) is 10.8. The molecule has 2 heterocycles. The smallest absolute Gasteiger partial charge is 0.355 e. The molecule has 0 aliphatic carbocycles. The lowest BCUT2D eigenvalue weighted by molar-refractivity contribution is 0.0458. The molecule has 0 amide bonds. The number of esters is 1. The van der Waals surface area contributed by atoms with Gasteiger partial charge in [0.1, 0.15) is 12.3 Å². The summed E-state index contributed by atoms with van der Waals surface area (Å²) in [7, 11) is 3.25. The average molecular weight is 261 g/mol. The van der Waals surface area contributed by atoms with Gasteiger partial charge in [-0.3, -0.25) is 0 Å². The summed E-state index contributed by atoms with van der Waals surface area (Å²) in [5, 5.41) is 0. The maximum atomic E-state index is 11.9. The molecule has 2 aromatic rings. The Kier molecular flexibility index (Phi) is 3.70. The van der Waals surface area contributed by atoms with Gasteiger partial charge in [-0.15, -0.1) is 0 Å². The van der Waals surface area contributed by atoms with E-state index in [-0.39, 0.29) is 6.61 Å². The fourth-order valence-corrected chi connectivity index (χ4v) is 1.73. The lowest BCUT2D eigenvalue weighted by atomic mass is 10.3. The quantitative estimate of drug-likeness (QED) is 0.841. The second kappa shape index (κ2) is 5.43. The molecule has 0 aromatic carbocycles. The van der Waals surface area contributed by atoms with E-state index < -0.39 is 5.97 Å². The highest BCUT2D eigenvalue weighted by Crippen LogP contribution is 2.16. The van der Waals surface area contributed by atoms with Crippen molar-refractivity contribution in [3.05, 3.63) is 41.9 Å². The van der Waals surface area contributed by atoms with Crippen LogP contribution in [0.2, 0.25) is 0 Å². The van der Waals surface area contributed by atoms with Crippen LogP contribution in [0.15, 0.2) is 30.6 Å². The van der Waals surface area contributed by atoms with Crippen LogP contribution in [-0.4, -0.2) is 22.6 Å². The molecule has 0 spiro atoms. The number of methoxy groups -OCH3 is 1. The fraction of sp³-hybridized carbons (Fsp3) is 0.231. The van der Waals surface area contributed by atoms with Gasteiger partial charge in [-0.05, 0) is 18.2 Å². The van der Waals surface area contributed by atoms with Gasteiger partial charge in [0.2, 0.25) is 5.88 Å². The van der Waals surface area contributed by atoms with Crippen molar-refractivity contribution < 1.29 is 14.3 Å². The second-order valence-electron chi connectivity index (χ2n) is 4.02. The zero-order valence-corrected chi connectivity index (χ0v) is 10.8. The number of carbonyl (C=O) groups is 1. The van der Waals surface area contributed by atoms with Crippen molar-refractivity contribution in [3.63, 3.8) is 0 Å². The van der Waals surface area contributed by atoms with Gasteiger partial charge < -0.3 is 19.8 Å². The fourth-order valence-electron chi connectivity index (χ4n) is 1.73. The van der Waals surface area contributed by atoms with E-state index in [1.807, 2.05) is 0 Å². The van der Waals surface area contributed by atoms with E-state index >= 15 is 0 Å². The number of rotatable bonds is 4. The van der Waals surface area contributed by atoms with Gasteiger partial charge in [-0.1, -0.05) is 0 Å². The van der Waals surface area contributed by atoms with E-state index in [2.05, 4.69) is 4.98 Å². The van der Waals surface area contributed by atoms with Crippen LogP contribution in [0.1, 0.15) is 16.1 Å². The first-order valence-corrected chi connectivity index (χ1v) is 5.68. The van der Waals surface area contributed by atoms with Gasteiger partial charge in [0.05, 0.1) is 18.4 Å². The third kappa shape index (κ3) is 2.85. The Morgan fingerprint density at radius 3 is 2.95 bits per heavy atom. The lowest BCUT2D eigenvalue weighted by Gasteiger charge is -2.08. The molecule has 100 valence electrons. The number of hydrogen-bond acceptors (Lipinski definition) is 5. The molecule has 0 saturated carbocycles. The molecule has 6 nitrogen and oxygen atoms in total. The Labute approximate surface area is 110 Å². The second-order valence-corrected chi connectivity index (χ2v) is 4.02. The van der Waals surface area contributed by atoms with Gasteiger partial charge >= 0.3 is 5.97 Å². The summed E-state index contributed by atoms with van der Waals surface area (Å²) in [4.78, 5) is 15.9. The summed E-state index contributed by atoms with van der Waals surface area (Å²) < 4.78 is 11.9. The normalized spacial score (nSPS) is 10.2. The van der Waals surface area contributed by atoms with E-state index in [0.29, 0.717) is 22.8 Å². The molecular formula is C13H15N3O3. The van der Waals surface area contributed by atoms with Crippen molar-refractivity contribution in [3.8, 4) is 5.88 Å². The molecule has 0 saturated heterocycles. The largest absolute Gasteiger partial charge is 0.481 e. The monoisotopic (exact) mass is 261 g/mol. The van der Waals surface area contributed by atoms with E-state index in [1.54, 1.807) is 42.2 Å². The first-order valence-electron chi connectivity index (χ1n) is 5.68. The van der Waals surface area contributed by atoms with Crippen LogP contribution in [0.3, 0.4) is 0 Å². The van der Waals surface area contributed by atoms with Crippen LogP contribution in [0.4, 0.5) is 5.69 Å². The number of pyridine rings is 1. The number of aromatic nitrogens is 2. The van der Waals surface area contributed by atoms with Gasteiger partial charge in [0, 0.05) is 19.4 Å². The summed E-state index contributed by atoms with van der Waals surface area (Å²) in [6, 6.07) is 5.12. The number of aryl methyl sites for hydroxylation is 1. The molecule has 0 atom stereocenters. The number of hydrogen-bond donors (Lipinski definition) is 1. The summed E-state index contributed by atoms with van der Waals surface area (Å²) >= 11 is 0. The van der Waals surface area contributed by atoms with Crippen molar-refractivity contribution >= 4 is 11.7 Å². The van der Waals surface area contributed by atoms with Crippen LogP contribution in [0.5, 0.6) is 5.88 Å². The first kappa shape index (κ1) is 12.9. The molecular weight excluding hydrogens is 246 g/mol. The minimum Gasteiger partial charge on any atom is -0.481 e. The summed E-state index contributed by atoms with van der Waals surface area (Å²) in [6.07, 6.45) is 3.27. The number of ether oxygens (including phenoxy) is 2. The maximum absolute atomic E-state index is 11.9. The number of nitrogens with zero attached hydrogens (tertiary/aromatic N) is 2. The van der Waals surface area contributed by atoms with Crippen molar-refractivity contribution in [2.75, 3.05) is 12.8 Å². The minimum absolute atomic E-state index is 0.0981. The maximum Gasteiger partial charge on any atom is 0.355 e. The standard InChI is InChI=1S/C13H15N3O3/c1-16-7-10(14)6-11(16)13(17)19-8-9-4-3-5-15-12(9)18-2/h3-7H,8,14H2,1-2H3. The predicted molar refractivity (Wildman–Crippen MR) is 69.7 cm³/mol. The first-order chi connectivity index (χ1) is 9.11. The highest BCUT2D eigenvalue weighted by molar-refractivity contribution is 5.89. The molecule has 0 bridgehead atoms. The minimum atomic E-state index is -0.440. The average Bonchev–Trinajstić information content (AvgIpc) is 2.75. The molecule has 0 aliphatic heterocycles. The Morgan fingerprint density at radius 2 is 2.32 bits per heavy atom. The predicted octanol–water partition coefficient (Wildman–Crippen LogP) is 1.37. The van der Waals surface area contributed by atoms with E-state index in [0.717, 1.165) is 0 Å². The molecule has 6 heteroatoms. The molecule has 0 fully saturated rings. The third-order valence-electron chi connectivity index (χ3n) is 2.64. The summed E-state index contributed by atoms with van der Waals surface area (Å²) in [6.45, 7) is 0.0981. The molecule has 19 heavy (non-hydrogen) atoms. The van der Waals surface area contributed by atoms with Crippen LogP contribution >= 0.6 is 0 Å². The molecule has 0 unspecified atom stereocenters. The number of carbonyl (C=O) groups excluding carboxylic acids is 1. The number of nitrogen functional groups attached to an aromatic ring is 1. The summed E-state index contributed by atoms with van der Waals surface area (Å²) in [5.74, 6) is 0.00630.